The van der Waals surface area contributed by atoms with E-state index in [1.54, 1.807) is 6.07 Å². The number of aromatic carboxylic acids is 1. The Morgan fingerprint density at radius 1 is 1.46 bits per heavy atom. The molecule has 0 spiro atoms. The van der Waals surface area contributed by atoms with E-state index in [1.165, 1.54) is 12.1 Å². The van der Waals surface area contributed by atoms with Crippen molar-refractivity contribution in [1.29, 1.82) is 0 Å². The van der Waals surface area contributed by atoms with Gasteiger partial charge in [-0.3, -0.25) is 0 Å². The fourth-order valence-corrected chi connectivity index (χ4v) is 1.12. The van der Waals surface area contributed by atoms with Gasteiger partial charge in [-0.05, 0) is 12.1 Å². The molecule has 0 aliphatic carbocycles. The first kappa shape index (κ1) is 7.60. The summed E-state index contributed by atoms with van der Waals surface area (Å²) in [6, 6.07) is 4.47. The average molecular weight is 179 g/mol. The van der Waals surface area contributed by atoms with Crippen molar-refractivity contribution in [2.24, 2.45) is 0 Å². The van der Waals surface area contributed by atoms with Gasteiger partial charge < -0.3 is 14.7 Å². The second-order valence-corrected chi connectivity index (χ2v) is 2.49. The summed E-state index contributed by atoms with van der Waals surface area (Å²) in [4.78, 5) is 10.6. The van der Waals surface area contributed by atoms with Crippen LogP contribution in [0.3, 0.4) is 0 Å². The molecule has 2 N–H and O–H groups in total. The van der Waals surface area contributed by atoms with Crippen LogP contribution < -0.4 is 0 Å². The van der Waals surface area contributed by atoms with Crippen LogP contribution in [0.25, 0.3) is 11.0 Å². The minimum absolute atomic E-state index is 0.134. The van der Waals surface area contributed by atoms with Gasteiger partial charge in [0.05, 0.1) is 5.39 Å². The molecule has 0 bridgehead atoms. The van der Waals surface area contributed by atoms with Crippen molar-refractivity contribution in [3.63, 3.8) is 0 Å². The van der Waals surface area contributed by atoms with E-state index in [-0.39, 0.29) is 22.4 Å². The summed E-state index contributed by atoms with van der Waals surface area (Å²) in [6.07, 6.45) is 0. The highest BCUT2D eigenvalue weighted by molar-refractivity contribution is 6.02. The topological polar surface area (TPSA) is 83.6 Å². The van der Waals surface area contributed by atoms with Gasteiger partial charge in [-0.2, -0.15) is 0 Å². The fourth-order valence-electron chi connectivity index (χ4n) is 1.12. The quantitative estimate of drug-likeness (QED) is 0.687. The standard InChI is InChI=1S/C8H5NO4/c10-4-2-1-3-5-6(4)7(8(11)12)9-13-5/h1-3,10H,(H,11,12). The number of fused-ring (bicyclic) bond motifs is 1. The third-order valence-electron chi connectivity index (χ3n) is 1.68. The molecular weight excluding hydrogens is 174 g/mol. The Balaban J connectivity index is 2.86. The number of phenols is 1. The van der Waals surface area contributed by atoms with Gasteiger partial charge in [0.15, 0.2) is 5.58 Å². The van der Waals surface area contributed by atoms with E-state index >= 15 is 0 Å². The third kappa shape index (κ3) is 1.01. The molecule has 0 aliphatic rings. The predicted octanol–water partition coefficient (Wildman–Crippen LogP) is 1.23. The number of carboxylic acid groups (broad SMARTS) is 1. The molecule has 1 aromatic heterocycles. The minimum Gasteiger partial charge on any atom is -0.507 e. The molecule has 1 heterocycles. The van der Waals surface area contributed by atoms with Gasteiger partial charge >= 0.3 is 5.97 Å². The second kappa shape index (κ2) is 2.48. The van der Waals surface area contributed by atoms with Crippen LogP contribution in [0, 0.1) is 0 Å². The van der Waals surface area contributed by atoms with Crippen LogP contribution in [-0.4, -0.2) is 21.3 Å². The molecule has 2 aromatic rings. The van der Waals surface area contributed by atoms with E-state index in [1.807, 2.05) is 0 Å². The minimum atomic E-state index is -1.22. The van der Waals surface area contributed by atoms with Crippen molar-refractivity contribution >= 4 is 16.9 Å². The zero-order valence-electron chi connectivity index (χ0n) is 6.39. The number of rotatable bonds is 1. The zero-order chi connectivity index (χ0) is 9.42. The van der Waals surface area contributed by atoms with Crippen molar-refractivity contribution in [2.45, 2.75) is 0 Å². The number of nitrogens with zero attached hydrogens (tertiary/aromatic N) is 1. The first-order chi connectivity index (χ1) is 6.20. The summed E-state index contributed by atoms with van der Waals surface area (Å²) in [5.41, 5.74) is -0.00880. The summed E-state index contributed by atoms with van der Waals surface area (Å²) < 4.78 is 4.70. The van der Waals surface area contributed by atoms with Crippen molar-refractivity contribution in [3.05, 3.63) is 23.9 Å². The molecule has 1 aromatic carbocycles. The molecule has 0 saturated heterocycles. The van der Waals surface area contributed by atoms with E-state index in [9.17, 15) is 9.90 Å². The Morgan fingerprint density at radius 2 is 2.23 bits per heavy atom. The van der Waals surface area contributed by atoms with Crippen molar-refractivity contribution in [3.8, 4) is 5.75 Å². The van der Waals surface area contributed by atoms with E-state index in [2.05, 4.69) is 5.16 Å². The van der Waals surface area contributed by atoms with Gasteiger partial charge in [0.25, 0.3) is 0 Å². The maximum absolute atomic E-state index is 10.6. The monoisotopic (exact) mass is 179 g/mol. The van der Waals surface area contributed by atoms with Gasteiger partial charge in [0.1, 0.15) is 5.75 Å². The maximum atomic E-state index is 10.6. The summed E-state index contributed by atoms with van der Waals surface area (Å²) >= 11 is 0. The lowest BCUT2D eigenvalue weighted by Gasteiger charge is -1.91. The van der Waals surface area contributed by atoms with Crippen molar-refractivity contribution < 1.29 is 19.5 Å². The maximum Gasteiger partial charge on any atom is 0.358 e. The normalized spacial score (nSPS) is 10.5. The van der Waals surface area contributed by atoms with Crippen molar-refractivity contribution in [2.75, 3.05) is 0 Å². The summed E-state index contributed by atoms with van der Waals surface area (Å²) in [6.45, 7) is 0. The predicted molar refractivity (Wildman–Crippen MR) is 42.6 cm³/mol. The lowest BCUT2D eigenvalue weighted by atomic mass is 10.2. The van der Waals surface area contributed by atoms with E-state index in [0.717, 1.165) is 0 Å². The molecule has 0 aliphatic heterocycles. The number of hydrogen-bond donors (Lipinski definition) is 2. The number of phenolic OH excluding ortho intramolecular Hbond substituents is 1. The highest BCUT2D eigenvalue weighted by atomic mass is 16.5. The van der Waals surface area contributed by atoms with Gasteiger partial charge in [0.2, 0.25) is 5.69 Å². The van der Waals surface area contributed by atoms with Gasteiger partial charge in [-0.1, -0.05) is 11.2 Å². The van der Waals surface area contributed by atoms with Gasteiger partial charge in [-0.25, -0.2) is 4.79 Å². The number of hydrogen-bond acceptors (Lipinski definition) is 4. The number of benzene rings is 1. The van der Waals surface area contributed by atoms with Gasteiger partial charge in [-0.15, -0.1) is 0 Å². The van der Waals surface area contributed by atoms with Crippen LogP contribution in [0.2, 0.25) is 0 Å². The Morgan fingerprint density at radius 3 is 2.92 bits per heavy atom. The molecule has 0 saturated carbocycles. The molecule has 0 radical (unpaired) electrons. The van der Waals surface area contributed by atoms with Gasteiger partial charge in [0, 0.05) is 0 Å². The smallest absolute Gasteiger partial charge is 0.358 e. The lowest BCUT2D eigenvalue weighted by Crippen LogP contribution is -1.96. The van der Waals surface area contributed by atoms with E-state index in [4.69, 9.17) is 9.63 Å². The second-order valence-electron chi connectivity index (χ2n) is 2.49. The number of aromatic hydroxyl groups is 1. The summed E-state index contributed by atoms with van der Waals surface area (Å²) in [7, 11) is 0. The molecule has 0 amide bonds. The first-order valence-corrected chi connectivity index (χ1v) is 3.51. The van der Waals surface area contributed by atoms with Crippen LogP contribution in [0.15, 0.2) is 22.7 Å². The highest BCUT2D eigenvalue weighted by Gasteiger charge is 2.17. The molecule has 0 unspecified atom stereocenters. The molecule has 66 valence electrons. The molecule has 5 heteroatoms. The van der Waals surface area contributed by atoms with Crippen molar-refractivity contribution in [1.82, 2.24) is 5.16 Å². The molecular formula is C8H5NO4. The summed E-state index contributed by atoms with van der Waals surface area (Å²) in [5.74, 6) is -1.36. The van der Waals surface area contributed by atoms with Crippen LogP contribution in [0.4, 0.5) is 0 Å². The Labute approximate surface area is 72.2 Å². The first-order valence-electron chi connectivity index (χ1n) is 3.51. The Kier molecular flexibility index (Phi) is 1.45. The average Bonchev–Trinajstić information content (AvgIpc) is 2.49. The molecule has 0 fully saturated rings. The molecule has 13 heavy (non-hydrogen) atoms. The van der Waals surface area contributed by atoms with E-state index < -0.39 is 5.97 Å². The molecule has 0 atom stereocenters. The Hall–Kier alpha value is -2.04. The highest BCUT2D eigenvalue weighted by Crippen LogP contribution is 2.27. The zero-order valence-corrected chi connectivity index (χ0v) is 6.39. The largest absolute Gasteiger partial charge is 0.507 e. The SMILES string of the molecule is O=C(O)c1noc2cccc(O)c12. The van der Waals surface area contributed by atoms with Crippen LogP contribution in [0.1, 0.15) is 10.5 Å². The molecule has 2 rings (SSSR count). The van der Waals surface area contributed by atoms with Crippen LogP contribution in [0.5, 0.6) is 5.75 Å². The fraction of sp³-hybridized carbons (Fsp3) is 0. The van der Waals surface area contributed by atoms with Crippen LogP contribution in [-0.2, 0) is 0 Å². The Bertz CT molecular complexity index is 474. The number of carboxylic acids is 1. The molecule has 5 nitrogen and oxygen atoms in total. The summed E-state index contributed by atoms with van der Waals surface area (Å²) in [5, 5.41) is 21.4. The lowest BCUT2D eigenvalue weighted by molar-refractivity contribution is 0.0687. The third-order valence-corrected chi connectivity index (χ3v) is 1.68. The number of carbonyl (C=O) groups is 1. The number of aromatic nitrogens is 1. The van der Waals surface area contributed by atoms with E-state index in [0.29, 0.717) is 0 Å². The van der Waals surface area contributed by atoms with Crippen LogP contribution >= 0.6 is 0 Å².